The number of aliphatic hydroxyl groups is 1. The molecule has 1 aromatic carbocycles. The number of hydrogen-bond donors (Lipinski definition) is 4. The summed E-state index contributed by atoms with van der Waals surface area (Å²) in [5.41, 5.74) is 6.56. The van der Waals surface area contributed by atoms with Crippen molar-refractivity contribution in [1.82, 2.24) is 20.4 Å². The second-order valence-electron chi connectivity index (χ2n) is 15.5. The summed E-state index contributed by atoms with van der Waals surface area (Å²) < 4.78 is 5.56. The first-order valence-corrected chi connectivity index (χ1v) is 18.3. The zero-order valence-electron chi connectivity index (χ0n) is 31.6. The minimum atomic E-state index is -1.05. The molecule has 2 rings (SSSR count). The van der Waals surface area contributed by atoms with Crippen molar-refractivity contribution < 1.29 is 29.0 Å². The fourth-order valence-electron chi connectivity index (χ4n) is 6.65. The summed E-state index contributed by atoms with van der Waals surface area (Å²) in [6.07, 6.45) is 2.82. The van der Waals surface area contributed by atoms with Crippen molar-refractivity contribution in [1.29, 1.82) is 0 Å². The number of unbranched alkanes of at least 4 members (excludes halogenated alkanes) is 1. The van der Waals surface area contributed by atoms with E-state index >= 15 is 0 Å². The molecule has 1 aliphatic rings. The van der Waals surface area contributed by atoms with Gasteiger partial charge < -0.3 is 31.1 Å². The number of nitrogens with zero attached hydrogens (tertiary/aromatic N) is 2. The average Bonchev–Trinajstić information content (AvgIpc) is 3.01. The summed E-state index contributed by atoms with van der Waals surface area (Å²) >= 11 is 0. The number of alkyl carbamates (subject to hydrolysis) is 1. The van der Waals surface area contributed by atoms with Crippen molar-refractivity contribution in [2.45, 2.75) is 125 Å². The zero-order valence-corrected chi connectivity index (χ0v) is 31.6. The van der Waals surface area contributed by atoms with E-state index in [9.17, 15) is 24.3 Å². The lowest BCUT2D eigenvalue weighted by Crippen LogP contribution is -2.54. The van der Waals surface area contributed by atoms with E-state index in [1.165, 1.54) is 0 Å². The average molecular weight is 688 g/mol. The molecule has 0 saturated carbocycles. The molecule has 0 aliphatic carbocycles. The highest BCUT2D eigenvalue weighted by atomic mass is 16.6. The van der Waals surface area contributed by atoms with Crippen molar-refractivity contribution in [2.75, 3.05) is 32.7 Å². The highest BCUT2D eigenvalue weighted by Gasteiger charge is 2.37. The van der Waals surface area contributed by atoms with Gasteiger partial charge in [0.15, 0.2) is 0 Å². The molecule has 0 aromatic heterocycles. The Labute approximate surface area is 295 Å². The van der Waals surface area contributed by atoms with E-state index in [1.807, 2.05) is 30.9 Å². The van der Waals surface area contributed by atoms with Crippen LogP contribution in [0.4, 0.5) is 4.79 Å². The van der Waals surface area contributed by atoms with Crippen molar-refractivity contribution in [3.63, 3.8) is 0 Å². The second kappa shape index (κ2) is 19.9. The maximum absolute atomic E-state index is 13.8. The van der Waals surface area contributed by atoms with E-state index in [1.54, 1.807) is 39.8 Å². The van der Waals surface area contributed by atoms with Crippen molar-refractivity contribution in [2.24, 2.45) is 29.4 Å². The van der Waals surface area contributed by atoms with Gasteiger partial charge >= 0.3 is 6.09 Å². The van der Waals surface area contributed by atoms with Crippen LogP contribution in [0, 0.1) is 23.7 Å². The Morgan fingerprint density at radius 3 is 2.12 bits per heavy atom. The molecule has 1 aromatic rings. The lowest BCUT2D eigenvalue weighted by molar-refractivity contribution is -0.130. The third-order valence-corrected chi connectivity index (χ3v) is 9.76. The van der Waals surface area contributed by atoms with Crippen LogP contribution in [0.3, 0.4) is 0 Å². The van der Waals surface area contributed by atoms with E-state index < -0.39 is 47.6 Å². The monoisotopic (exact) mass is 687 g/mol. The van der Waals surface area contributed by atoms with Crippen LogP contribution in [0.15, 0.2) is 24.3 Å². The van der Waals surface area contributed by atoms with Gasteiger partial charge in [0.25, 0.3) is 5.91 Å². The van der Waals surface area contributed by atoms with Gasteiger partial charge in [0.2, 0.25) is 11.8 Å². The molecular weight excluding hydrogens is 622 g/mol. The fraction of sp³-hybridized carbons (Fsp3) is 0.737. The first-order valence-electron chi connectivity index (χ1n) is 18.3. The third kappa shape index (κ3) is 14.3. The smallest absolute Gasteiger partial charge is 0.407 e. The maximum Gasteiger partial charge on any atom is 0.407 e. The molecule has 0 spiro atoms. The van der Waals surface area contributed by atoms with Gasteiger partial charge in [-0.1, -0.05) is 72.1 Å². The van der Waals surface area contributed by atoms with Crippen LogP contribution in [0.2, 0.25) is 0 Å². The number of hydrogen-bond acceptors (Lipinski definition) is 7. The molecule has 278 valence electrons. The van der Waals surface area contributed by atoms with E-state index in [0.29, 0.717) is 37.4 Å². The van der Waals surface area contributed by atoms with Gasteiger partial charge in [-0.3, -0.25) is 19.3 Å². The molecule has 11 heteroatoms. The summed E-state index contributed by atoms with van der Waals surface area (Å²) in [5.74, 6) is -1.03. The normalized spacial score (nSPS) is 17.3. The van der Waals surface area contributed by atoms with Crippen LogP contribution < -0.4 is 16.4 Å². The highest BCUT2D eigenvalue weighted by molar-refractivity contribution is 5.98. The van der Waals surface area contributed by atoms with Gasteiger partial charge in [-0.25, -0.2) is 4.79 Å². The zero-order chi connectivity index (χ0) is 36.9. The van der Waals surface area contributed by atoms with Gasteiger partial charge in [-0.2, -0.15) is 0 Å². The molecule has 1 saturated heterocycles. The molecule has 5 atom stereocenters. The van der Waals surface area contributed by atoms with Crippen LogP contribution in [0.1, 0.15) is 110 Å². The molecule has 0 radical (unpaired) electrons. The van der Waals surface area contributed by atoms with Crippen molar-refractivity contribution >= 4 is 23.8 Å². The molecule has 5 N–H and O–H groups in total. The Hall–Kier alpha value is -3.18. The lowest BCUT2D eigenvalue weighted by atomic mass is 9.78. The van der Waals surface area contributed by atoms with Crippen molar-refractivity contribution in [3.8, 4) is 0 Å². The number of nitrogens with two attached hydrogens (primary N) is 1. The molecule has 1 heterocycles. The lowest BCUT2D eigenvalue weighted by Gasteiger charge is -2.36. The number of carbonyl (C=O) groups is 4. The topological polar surface area (TPSA) is 154 Å². The van der Waals surface area contributed by atoms with Gasteiger partial charge in [-0.15, -0.1) is 0 Å². The molecule has 0 bridgehead atoms. The number of primary amides is 1. The number of aliphatic hydroxyl groups excluding tert-OH is 1. The van der Waals surface area contributed by atoms with Crippen LogP contribution in [0.25, 0.3) is 0 Å². The Morgan fingerprint density at radius 1 is 0.959 bits per heavy atom. The maximum atomic E-state index is 13.8. The summed E-state index contributed by atoms with van der Waals surface area (Å²) in [6, 6.07) is 5.57. The van der Waals surface area contributed by atoms with Crippen molar-refractivity contribution in [3.05, 3.63) is 35.4 Å². The van der Waals surface area contributed by atoms with Gasteiger partial charge in [-0.05, 0) is 75.3 Å². The summed E-state index contributed by atoms with van der Waals surface area (Å²) in [6.45, 7) is 20.9. The van der Waals surface area contributed by atoms with Gasteiger partial charge in [0.05, 0.1) is 12.1 Å². The number of carbonyl (C=O) groups excluding carboxylic acids is 4. The summed E-state index contributed by atoms with van der Waals surface area (Å²) in [5, 5.41) is 17.5. The minimum absolute atomic E-state index is 0.0820. The highest BCUT2D eigenvalue weighted by Crippen LogP contribution is 2.29. The molecule has 5 unspecified atom stereocenters. The number of ether oxygens (including phenoxy) is 1. The molecule has 4 amide bonds. The first-order chi connectivity index (χ1) is 22.9. The quantitative estimate of drug-likeness (QED) is 0.174. The fourth-order valence-corrected chi connectivity index (χ4v) is 6.65. The number of amides is 4. The van der Waals surface area contributed by atoms with E-state index in [2.05, 4.69) is 36.3 Å². The molecule has 11 nitrogen and oxygen atoms in total. The summed E-state index contributed by atoms with van der Waals surface area (Å²) in [7, 11) is 0. The number of benzene rings is 1. The SMILES string of the molecule is CCCCC(CC(O)C(CC(C(C)C)C(NC(=O)c1ccccc1CCN1CCN(C(C)=O)CC1)C(N)=O)NC(=O)OC(C)(C)C)C(C)C. The number of nitrogens with one attached hydrogen (secondary N) is 2. The number of rotatable bonds is 18. The standard InChI is InChI=1S/C38H65N5O6/c1-10-11-14-29(25(2)3)23-33(45)32(40-37(48)49-38(7,8)9)24-31(26(4)5)34(35(39)46)41-36(47)30-16-13-12-15-28(30)17-18-42-19-21-43(22-20-42)27(6)44/h12-13,15-16,25-26,29,31-34,45H,10-11,14,17-24H2,1-9H3,(H2,39,46)(H,40,48)(H,41,47). The van der Waals surface area contributed by atoms with Crippen LogP contribution in [-0.4, -0.2) is 95.2 Å². The molecular formula is C38H65N5O6. The Kier molecular flexibility index (Phi) is 17.0. The third-order valence-electron chi connectivity index (χ3n) is 9.76. The Bertz CT molecular complexity index is 1210. The van der Waals surface area contributed by atoms with Crippen LogP contribution in [-0.2, 0) is 20.7 Å². The predicted molar refractivity (Wildman–Crippen MR) is 194 cm³/mol. The predicted octanol–water partition coefficient (Wildman–Crippen LogP) is 4.75. The van der Waals surface area contributed by atoms with Crippen LogP contribution >= 0.6 is 0 Å². The van der Waals surface area contributed by atoms with E-state index in [0.717, 1.165) is 44.5 Å². The minimum Gasteiger partial charge on any atom is -0.444 e. The van der Waals surface area contributed by atoms with Gasteiger partial charge in [0.1, 0.15) is 11.6 Å². The Morgan fingerprint density at radius 2 is 1.59 bits per heavy atom. The summed E-state index contributed by atoms with van der Waals surface area (Å²) in [4.78, 5) is 55.7. The van der Waals surface area contributed by atoms with E-state index in [-0.39, 0.29) is 24.2 Å². The second-order valence-corrected chi connectivity index (χ2v) is 15.5. The van der Waals surface area contributed by atoms with Crippen LogP contribution in [0.5, 0.6) is 0 Å². The molecule has 1 fully saturated rings. The Balaban J connectivity index is 2.29. The van der Waals surface area contributed by atoms with Gasteiger partial charge in [0, 0.05) is 45.2 Å². The largest absolute Gasteiger partial charge is 0.444 e. The first kappa shape index (κ1) is 42.0. The number of piperazine rings is 1. The van der Waals surface area contributed by atoms with E-state index in [4.69, 9.17) is 10.5 Å². The molecule has 1 aliphatic heterocycles. The molecule has 49 heavy (non-hydrogen) atoms.